The van der Waals surface area contributed by atoms with Gasteiger partial charge in [-0.05, 0) is 62.5 Å². The highest BCUT2D eigenvalue weighted by Gasteiger charge is 2.41. The second kappa shape index (κ2) is 7.24. The van der Waals surface area contributed by atoms with Gasteiger partial charge in [0.05, 0.1) is 11.8 Å². The average Bonchev–Trinajstić information content (AvgIpc) is 3.28. The lowest BCUT2D eigenvalue weighted by Gasteiger charge is -2.33. The number of anilines is 1. The Morgan fingerprint density at radius 3 is 2.72 bits per heavy atom. The van der Waals surface area contributed by atoms with Gasteiger partial charge in [-0.15, -0.1) is 0 Å². The van der Waals surface area contributed by atoms with Crippen molar-refractivity contribution in [3.63, 3.8) is 0 Å². The standard InChI is InChI=1S/C20H28N2O3/c23-19(22-12-9-20(15-22)10-13-24-14-11-20)21-17-7-3-4-8-18(17)25-16-5-1-2-6-16/h3-4,7-8,16H,1-2,5-6,9-15H2,(H,21,23). The second-order valence-electron chi connectivity index (χ2n) is 7.73. The molecule has 0 aromatic heterocycles. The van der Waals surface area contributed by atoms with Crippen molar-refractivity contribution in [1.29, 1.82) is 0 Å². The van der Waals surface area contributed by atoms with Crippen LogP contribution in [0.3, 0.4) is 0 Å². The molecule has 0 atom stereocenters. The monoisotopic (exact) mass is 344 g/mol. The van der Waals surface area contributed by atoms with Crippen LogP contribution in [-0.4, -0.2) is 43.3 Å². The quantitative estimate of drug-likeness (QED) is 0.900. The highest BCUT2D eigenvalue weighted by molar-refractivity contribution is 5.91. The number of ether oxygens (including phenoxy) is 2. The van der Waals surface area contributed by atoms with Gasteiger partial charge in [0.25, 0.3) is 0 Å². The number of hydrogen-bond donors (Lipinski definition) is 1. The molecule has 1 spiro atoms. The van der Waals surface area contributed by atoms with Crippen LogP contribution in [0.2, 0.25) is 0 Å². The van der Waals surface area contributed by atoms with Gasteiger partial charge in [0.2, 0.25) is 0 Å². The molecule has 3 aliphatic rings. The molecular weight excluding hydrogens is 316 g/mol. The van der Waals surface area contributed by atoms with Gasteiger partial charge in [0.15, 0.2) is 0 Å². The summed E-state index contributed by atoms with van der Waals surface area (Å²) < 4.78 is 11.6. The molecule has 1 aromatic rings. The van der Waals surface area contributed by atoms with E-state index in [1.807, 2.05) is 29.2 Å². The van der Waals surface area contributed by atoms with Crippen molar-refractivity contribution in [2.75, 3.05) is 31.6 Å². The van der Waals surface area contributed by atoms with Crippen LogP contribution in [0, 0.1) is 5.41 Å². The Hall–Kier alpha value is -1.75. The summed E-state index contributed by atoms with van der Waals surface area (Å²) in [7, 11) is 0. The Balaban J connectivity index is 1.39. The Morgan fingerprint density at radius 1 is 1.16 bits per heavy atom. The summed E-state index contributed by atoms with van der Waals surface area (Å²) in [6, 6.07) is 7.79. The fourth-order valence-corrected chi connectivity index (χ4v) is 4.37. The first-order valence-corrected chi connectivity index (χ1v) is 9.64. The molecule has 136 valence electrons. The summed E-state index contributed by atoms with van der Waals surface area (Å²) in [5, 5.41) is 3.08. The van der Waals surface area contributed by atoms with Crippen LogP contribution in [0.25, 0.3) is 0 Å². The van der Waals surface area contributed by atoms with Crippen LogP contribution in [0.4, 0.5) is 10.5 Å². The van der Waals surface area contributed by atoms with E-state index in [2.05, 4.69) is 5.32 Å². The number of benzene rings is 1. The molecule has 2 heterocycles. The number of nitrogens with zero attached hydrogens (tertiary/aromatic N) is 1. The van der Waals surface area contributed by atoms with E-state index in [-0.39, 0.29) is 17.6 Å². The smallest absolute Gasteiger partial charge is 0.321 e. The number of rotatable bonds is 3. The van der Waals surface area contributed by atoms with E-state index in [1.54, 1.807) is 0 Å². The Labute approximate surface area is 149 Å². The number of amides is 2. The third kappa shape index (κ3) is 3.76. The van der Waals surface area contributed by atoms with Crippen LogP contribution in [0.15, 0.2) is 24.3 Å². The molecular formula is C20H28N2O3. The number of para-hydroxylation sites is 2. The summed E-state index contributed by atoms with van der Waals surface area (Å²) in [5.41, 5.74) is 1.06. The molecule has 5 heteroatoms. The molecule has 3 fully saturated rings. The molecule has 1 N–H and O–H groups in total. The van der Waals surface area contributed by atoms with Crippen molar-refractivity contribution in [3.05, 3.63) is 24.3 Å². The summed E-state index contributed by atoms with van der Waals surface area (Å²) in [6.45, 7) is 3.33. The van der Waals surface area contributed by atoms with E-state index in [0.717, 1.165) is 69.8 Å². The highest BCUT2D eigenvalue weighted by atomic mass is 16.5. The maximum Gasteiger partial charge on any atom is 0.321 e. The Kier molecular flexibility index (Phi) is 4.84. The lowest BCUT2D eigenvalue weighted by molar-refractivity contribution is 0.0211. The molecule has 0 radical (unpaired) electrons. The van der Waals surface area contributed by atoms with Crippen molar-refractivity contribution in [2.24, 2.45) is 5.41 Å². The molecule has 25 heavy (non-hydrogen) atoms. The molecule has 2 saturated heterocycles. The average molecular weight is 344 g/mol. The lowest BCUT2D eigenvalue weighted by Crippen LogP contribution is -2.37. The molecule has 0 bridgehead atoms. The van der Waals surface area contributed by atoms with Crippen LogP contribution in [0.1, 0.15) is 44.9 Å². The molecule has 4 rings (SSSR count). The normalized spacial score (nSPS) is 23.1. The Morgan fingerprint density at radius 2 is 1.92 bits per heavy atom. The third-order valence-corrected chi connectivity index (χ3v) is 6.00. The maximum absolute atomic E-state index is 12.8. The SMILES string of the molecule is O=C(Nc1ccccc1OC1CCCC1)N1CCC2(CCOCC2)C1. The lowest BCUT2D eigenvalue weighted by atomic mass is 9.80. The summed E-state index contributed by atoms with van der Waals surface area (Å²) in [5.74, 6) is 0.794. The highest BCUT2D eigenvalue weighted by Crippen LogP contribution is 2.40. The molecule has 1 aliphatic carbocycles. The van der Waals surface area contributed by atoms with E-state index in [1.165, 1.54) is 12.8 Å². The number of likely N-dealkylation sites (tertiary alicyclic amines) is 1. The van der Waals surface area contributed by atoms with Gasteiger partial charge in [-0.25, -0.2) is 4.79 Å². The number of carbonyl (C=O) groups is 1. The van der Waals surface area contributed by atoms with Gasteiger partial charge in [-0.2, -0.15) is 0 Å². The predicted octanol–water partition coefficient (Wildman–Crippen LogP) is 4.04. The van der Waals surface area contributed by atoms with Crippen LogP contribution >= 0.6 is 0 Å². The van der Waals surface area contributed by atoms with Gasteiger partial charge in [0.1, 0.15) is 5.75 Å². The van der Waals surface area contributed by atoms with Crippen molar-refractivity contribution >= 4 is 11.7 Å². The molecule has 0 unspecified atom stereocenters. The zero-order valence-corrected chi connectivity index (χ0v) is 14.8. The van der Waals surface area contributed by atoms with Gasteiger partial charge in [-0.1, -0.05) is 12.1 Å². The fraction of sp³-hybridized carbons (Fsp3) is 0.650. The van der Waals surface area contributed by atoms with Gasteiger partial charge in [0, 0.05) is 26.3 Å². The molecule has 2 aliphatic heterocycles. The number of nitrogens with one attached hydrogen (secondary N) is 1. The zero-order chi connectivity index (χ0) is 17.1. The predicted molar refractivity (Wildman–Crippen MR) is 97.0 cm³/mol. The summed E-state index contributed by atoms with van der Waals surface area (Å²) in [6.07, 6.45) is 8.20. The van der Waals surface area contributed by atoms with Gasteiger partial charge >= 0.3 is 6.03 Å². The van der Waals surface area contributed by atoms with Crippen LogP contribution in [-0.2, 0) is 4.74 Å². The topological polar surface area (TPSA) is 50.8 Å². The number of hydrogen-bond acceptors (Lipinski definition) is 3. The van der Waals surface area contributed by atoms with E-state index in [9.17, 15) is 4.79 Å². The summed E-state index contributed by atoms with van der Waals surface area (Å²) >= 11 is 0. The maximum atomic E-state index is 12.8. The molecule has 1 aromatic carbocycles. The zero-order valence-electron chi connectivity index (χ0n) is 14.8. The Bertz CT molecular complexity index is 607. The van der Waals surface area contributed by atoms with Crippen molar-refractivity contribution < 1.29 is 14.3 Å². The first kappa shape index (κ1) is 16.7. The van der Waals surface area contributed by atoms with Crippen molar-refractivity contribution in [3.8, 4) is 5.75 Å². The third-order valence-electron chi connectivity index (χ3n) is 6.00. The van der Waals surface area contributed by atoms with Gasteiger partial charge < -0.3 is 19.7 Å². The fourth-order valence-electron chi connectivity index (χ4n) is 4.37. The van der Waals surface area contributed by atoms with E-state index < -0.39 is 0 Å². The molecule has 2 amide bonds. The van der Waals surface area contributed by atoms with E-state index >= 15 is 0 Å². The van der Waals surface area contributed by atoms with E-state index in [0.29, 0.717) is 0 Å². The number of carbonyl (C=O) groups excluding carboxylic acids is 1. The second-order valence-corrected chi connectivity index (χ2v) is 7.73. The van der Waals surface area contributed by atoms with E-state index in [4.69, 9.17) is 9.47 Å². The van der Waals surface area contributed by atoms with Gasteiger partial charge in [-0.3, -0.25) is 0 Å². The molecule has 5 nitrogen and oxygen atoms in total. The largest absolute Gasteiger partial charge is 0.488 e. The van der Waals surface area contributed by atoms with Crippen molar-refractivity contribution in [1.82, 2.24) is 4.90 Å². The number of urea groups is 1. The minimum absolute atomic E-state index is 0.00848. The van der Waals surface area contributed by atoms with Crippen LogP contribution < -0.4 is 10.1 Å². The van der Waals surface area contributed by atoms with Crippen molar-refractivity contribution in [2.45, 2.75) is 51.0 Å². The minimum atomic E-state index is -0.00848. The minimum Gasteiger partial charge on any atom is -0.488 e. The summed E-state index contributed by atoms with van der Waals surface area (Å²) in [4.78, 5) is 14.7. The first-order valence-electron chi connectivity index (χ1n) is 9.64. The first-order chi connectivity index (χ1) is 12.2. The van der Waals surface area contributed by atoms with Crippen LogP contribution in [0.5, 0.6) is 5.75 Å². The molecule has 1 saturated carbocycles.